The average molecular weight is 547 g/mol. The molecular weight excluding hydrogens is 512 g/mol. The first kappa shape index (κ1) is 27.1. The lowest BCUT2D eigenvalue weighted by Crippen LogP contribution is -2.52. The third-order valence-electron chi connectivity index (χ3n) is 7.45. The van der Waals surface area contributed by atoms with E-state index in [0.29, 0.717) is 43.4 Å². The van der Waals surface area contributed by atoms with Gasteiger partial charge >= 0.3 is 0 Å². The highest BCUT2D eigenvalue weighted by atomic mass is 35.5. The topological polar surface area (TPSA) is 67.9 Å². The van der Waals surface area contributed by atoms with Gasteiger partial charge in [0.1, 0.15) is 19.3 Å². The van der Waals surface area contributed by atoms with Crippen molar-refractivity contribution >= 4 is 23.4 Å². The summed E-state index contributed by atoms with van der Waals surface area (Å²) in [6.45, 7) is 1.35. The summed E-state index contributed by atoms with van der Waals surface area (Å²) >= 11 is 6.29. The Morgan fingerprint density at radius 2 is 1.62 bits per heavy atom. The van der Waals surface area contributed by atoms with E-state index in [1.54, 1.807) is 4.90 Å². The summed E-state index contributed by atoms with van der Waals surface area (Å²) in [6.07, 6.45) is 5.44. The van der Waals surface area contributed by atoms with Gasteiger partial charge < -0.3 is 19.7 Å². The monoisotopic (exact) mass is 546 g/mol. The Labute approximate surface area is 235 Å². The molecule has 0 saturated heterocycles. The van der Waals surface area contributed by atoms with Crippen LogP contribution in [-0.2, 0) is 29.0 Å². The predicted molar refractivity (Wildman–Crippen MR) is 152 cm³/mol. The molecule has 3 aromatic carbocycles. The Morgan fingerprint density at radius 1 is 0.872 bits per heavy atom. The molecular formula is C32H35ClN2O4. The molecule has 39 heavy (non-hydrogen) atoms. The number of nitrogens with one attached hydrogen (secondary N) is 1. The zero-order valence-electron chi connectivity index (χ0n) is 22.1. The first-order valence-electron chi connectivity index (χ1n) is 13.8. The van der Waals surface area contributed by atoms with Gasteiger partial charge in [-0.15, -0.1) is 0 Å². The van der Waals surface area contributed by atoms with E-state index in [2.05, 4.69) is 5.32 Å². The summed E-state index contributed by atoms with van der Waals surface area (Å²) < 4.78 is 11.4. The first-order chi connectivity index (χ1) is 19.0. The van der Waals surface area contributed by atoms with E-state index in [1.165, 1.54) is 0 Å². The average Bonchev–Trinajstić information content (AvgIpc) is 3.47. The molecule has 1 aliphatic heterocycles. The highest BCUT2D eigenvalue weighted by molar-refractivity contribution is 6.30. The van der Waals surface area contributed by atoms with Crippen molar-refractivity contribution in [1.29, 1.82) is 0 Å². The van der Waals surface area contributed by atoms with Crippen molar-refractivity contribution in [2.24, 2.45) is 0 Å². The number of hydrogen-bond donors (Lipinski definition) is 1. The van der Waals surface area contributed by atoms with Crippen LogP contribution in [0.1, 0.15) is 48.8 Å². The van der Waals surface area contributed by atoms with Crippen LogP contribution in [0.4, 0.5) is 0 Å². The molecule has 1 N–H and O–H groups in total. The van der Waals surface area contributed by atoms with Crippen LogP contribution in [0, 0.1) is 0 Å². The maximum Gasteiger partial charge on any atom is 0.243 e. The van der Waals surface area contributed by atoms with Crippen molar-refractivity contribution in [3.05, 3.63) is 94.5 Å². The number of halogens is 1. The number of amides is 2. The molecule has 0 unspecified atom stereocenters. The fourth-order valence-corrected chi connectivity index (χ4v) is 5.60. The Hall–Kier alpha value is -3.51. The number of carbonyl (C=O) groups excluding carboxylic acids is 2. The summed E-state index contributed by atoms with van der Waals surface area (Å²) in [5, 5.41) is 3.85. The molecule has 2 amide bonds. The second kappa shape index (κ2) is 13.0. The predicted octanol–water partition coefficient (Wildman–Crippen LogP) is 5.74. The zero-order chi connectivity index (χ0) is 27.0. The SMILES string of the molecule is O=C(NC1CCCC1)[C@H](Cc1ccccc1)N(Cc1cccc(Cl)c1)C(=O)CCc1ccc2c(c1)OCCO2. The van der Waals surface area contributed by atoms with Crippen LogP contribution in [0.5, 0.6) is 11.5 Å². The molecule has 1 fully saturated rings. The van der Waals surface area contributed by atoms with Crippen molar-refractivity contribution < 1.29 is 19.1 Å². The normalized spacial score (nSPS) is 15.5. The van der Waals surface area contributed by atoms with E-state index >= 15 is 0 Å². The number of aryl methyl sites for hydroxylation is 1. The molecule has 5 rings (SSSR count). The van der Waals surface area contributed by atoms with Crippen LogP contribution in [0.15, 0.2) is 72.8 Å². The summed E-state index contributed by atoms with van der Waals surface area (Å²) in [5.41, 5.74) is 2.90. The van der Waals surface area contributed by atoms with Crippen LogP contribution >= 0.6 is 11.6 Å². The standard InChI is InChI=1S/C32H35ClN2O4/c33-26-10-6-9-25(19-26)22-35(31(36)16-14-24-13-15-29-30(21-24)39-18-17-38-29)28(20-23-7-2-1-3-8-23)32(37)34-27-11-4-5-12-27/h1-3,6-10,13,15,19,21,27-28H,4-5,11-12,14,16-18,20,22H2,(H,34,37)/t28-/m0/s1. The fraction of sp³-hybridized carbons (Fsp3) is 0.375. The fourth-order valence-electron chi connectivity index (χ4n) is 5.39. The summed E-state index contributed by atoms with van der Waals surface area (Å²) in [5.74, 6) is 1.26. The van der Waals surface area contributed by atoms with Crippen LogP contribution in [0.25, 0.3) is 0 Å². The van der Waals surface area contributed by atoms with Gasteiger partial charge in [-0.2, -0.15) is 0 Å². The molecule has 1 aliphatic carbocycles. The Kier molecular flexibility index (Phi) is 9.04. The summed E-state index contributed by atoms with van der Waals surface area (Å²) in [4.78, 5) is 29.4. The largest absolute Gasteiger partial charge is 0.486 e. The van der Waals surface area contributed by atoms with Crippen molar-refractivity contribution in [2.75, 3.05) is 13.2 Å². The van der Waals surface area contributed by atoms with Gasteiger partial charge in [0.25, 0.3) is 0 Å². The van der Waals surface area contributed by atoms with Gasteiger partial charge in [0.15, 0.2) is 11.5 Å². The molecule has 0 aromatic heterocycles. The molecule has 7 heteroatoms. The molecule has 3 aromatic rings. The van der Waals surface area contributed by atoms with E-state index in [9.17, 15) is 9.59 Å². The van der Waals surface area contributed by atoms with E-state index in [-0.39, 0.29) is 24.3 Å². The number of fused-ring (bicyclic) bond motifs is 1. The second-order valence-electron chi connectivity index (χ2n) is 10.3. The van der Waals surface area contributed by atoms with Crippen molar-refractivity contribution in [2.45, 2.75) is 63.6 Å². The number of rotatable bonds is 10. The molecule has 6 nitrogen and oxygen atoms in total. The minimum Gasteiger partial charge on any atom is -0.486 e. The molecule has 0 spiro atoms. The zero-order valence-corrected chi connectivity index (χ0v) is 22.9. The van der Waals surface area contributed by atoms with E-state index < -0.39 is 6.04 Å². The van der Waals surface area contributed by atoms with Crippen LogP contribution < -0.4 is 14.8 Å². The smallest absolute Gasteiger partial charge is 0.243 e. The highest BCUT2D eigenvalue weighted by Gasteiger charge is 2.32. The second-order valence-corrected chi connectivity index (χ2v) is 10.8. The quantitative estimate of drug-likeness (QED) is 0.352. The molecule has 2 aliphatic rings. The third-order valence-corrected chi connectivity index (χ3v) is 7.68. The van der Waals surface area contributed by atoms with E-state index in [4.69, 9.17) is 21.1 Å². The maximum absolute atomic E-state index is 13.9. The van der Waals surface area contributed by atoms with Gasteiger partial charge in [-0.25, -0.2) is 0 Å². The number of benzene rings is 3. The lowest BCUT2D eigenvalue weighted by molar-refractivity contribution is -0.141. The van der Waals surface area contributed by atoms with Crippen LogP contribution in [0.2, 0.25) is 5.02 Å². The van der Waals surface area contributed by atoms with Gasteiger partial charge in [0.05, 0.1) is 0 Å². The summed E-state index contributed by atoms with van der Waals surface area (Å²) in [7, 11) is 0. The number of nitrogens with zero attached hydrogens (tertiary/aromatic N) is 1. The van der Waals surface area contributed by atoms with Gasteiger partial charge in [-0.1, -0.05) is 73.0 Å². The number of ether oxygens (including phenoxy) is 2. The van der Waals surface area contributed by atoms with Gasteiger partial charge in [-0.05, 0) is 60.2 Å². The minimum absolute atomic E-state index is 0.0765. The molecule has 0 bridgehead atoms. The highest BCUT2D eigenvalue weighted by Crippen LogP contribution is 2.31. The van der Waals surface area contributed by atoms with Crippen molar-refractivity contribution in [1.82, 2.24) is 10.2 Å². The minimum atomic E-state index is -0.639. The lowest BCUT2D eigenvalue weighted by Gasteiger charge is -2.32. The first-order valence-corrected chi connectivity index (χ1v) is 14.2. The molecule has 1 heterocycles. The van der Waals surface area contributed by atoms with E-state index in [1.807, 2.05) is 72.8 Å². The molecule has 1 atom stereocenters. The van der Waals surface area contributed by atoms with Crippen molar-refractivity contribution in [3.63, 3.8) is 0 Å². The van der Waals surface area contributed by atoms with E-state index in [0.717, 1.165) is 48.1 Å². The van der Waals surface area contributed by atoms with Gasteiger partial charge in [0, 0.05) is 30.5 Å². The third kappa shape index (κ3) is 7.33. The maximum atomic E-state index is 13.9. The molecule has 1 saturated carbocycles. The Morgan fingerprint density at radius 3 is 2.38 bits per heavy atom. The molecule has 0 radical (unpaired) electrons. The lowest BCUT2D eigenvalue weighted by atomic mass is 10.0. The number of carbonyl (C=O) groups is 2. The number of hydrogen-bond acceptors (Lipinski definition) is 4. The van der Waals surface area contributed by atoms with Crippen molar-refractivity contribution in [3.8, 4) is 11.5 Å². The Balaban J connectivity index is 1.39. The van der Waals surface area contributed by atoms with Crippen LogP contribution in [0.3, 0.4) is 0 Å². The Bertz CT molecular complexity index is 1280. The van der Waals surface area contributed by atoms with Gasteiger partial charge in [0.2, 0.25) is 11.8 Å². The van der Waals surface area contributed by atoms with Gasteiger partial charge in [-0.3, -0.25) is 9.59 Å². The van der Waals surface area contributed by atoms with Crippen LogP contribution in [-0.4, -0.2) is 42.0 Å². The molecule has 204 valence electrons. The summed E-state index contributed by atoms with van der Waals surface area (Å²) in [6, 6.07) is 22.7.